The topological polar surface area (TPSA) is 88.5 Å². The Kier molecular flexibility index (Phi) is 10.6. The molecule has 1 aromatic carbocycles. The molecule has 1 aliphatic heterocycles. The first kappa shape index (κ1) is 32.8. The Balaban J connectivity index is 1.30. The highest BCUT2D eigenvalue weighted by molar-refractivity contribution is 5.82. The van der Waals surface area contributed by atoms with Crippen molar-refractivity contribution in [3.05, 3.63) is 35.4 Å². The molecule has 8 nitrogen and oxygen atoms in total. The molecule has 8 heteroatoms. The maximum absolute atomic E-state index is 14.0. The Morgan fingerprint density at radius 1 is 1.14 bits per heavy atom. The van der Waals surface area contributed by atoms with E-state index in [1.807, 2.05) is 0 Å². The summed E-state index contributed by atoms with van der Waals surface area (Å²) < 4.78 is 0. The van der Waals surface area contributed by atoms with Gasteiger partial charge in [0.05, 0.1) is 19.3 Å². The molecule has 2 bridgehead atoms. The van der Waals surface area contributed by atoms with E-state index in [9.17, 15) is 15.0 Å². The van der Waals surface area contributed by atoms with Crippen LogP contribution in [0.3, 0.4) is 0 Å². The highest BCUT2D eigenvalue weighted by Crippen LogP contribution is 2.61. The molecule has 5 fully saturated rings. The van der Waals surface area contributed by atoms with Gasteiger partial charge in [0.2, 0.25) is 5.91 Å². The summed E-state index contributed by atoms with van der Waals surface area (Å²) in [7, 11) is 4.28. The van der Waals surface area contributed by atoms with E-state index < -0.39 is 24.2 Å². The van der Waals surface area contributed by atoms with Gasteiger partial charge in [-0.05, 0) is 81.0 Å². The number of carbonyl (C=O) groups is 1. The Hall–Kier alpha value is -1.55. The molecule has 1 saturated heterocycles. The molecule has 0 radical (unpaired) electrons. The molecule has 4 saturated carbocycles. The van der Waals surface area contributed by atoms with Gasteiger partial charge in [-0.2, -0.15) is 5.06 Å². The average Bonchev–Trinajstić information content (AvgIpc) is 3.35. The van der Waals surface area contributed by atoms with Crippen LogP contribution in [0.2, 0.25) is 0 Å². The summed E-state index contributed by atoms with van der Waals surface area (Å²) in [6.45, 7) is 11.9. The van der Waals surface area contributed by atoms with Gasteiger partial charge in [0.1, 0.15) is 12.1 Å². The molecule has 242 valence electrons. The van der Waals surface area contributed by atoms with Gasteiger partial charge in [-0.15, -0.1) is 0 Å². The fourth-order valence-corrected chi connectivity index (χ4v) is 8.89. The van der Waals surface area contributed by atoms with E-state index in [0.29, 0.717) is 35.8 Å². The number of fused-ring (bicyclic) bond motifs is 2. The Morgan fingerprint density at radius 3 is 2.49 bits per heavy atom. The number of hydroxylamine groups is 2. The quantitative estimate of drug-likeness (QED) is 0.335. The number of amides is 1. The highest BCUT2D eigenvalue weighted by atomic mass is 16.7. The molecule has 1 aromatic rings. The number of aliphatic hydroxyl groups is 2. The zero-order valence-corrected chi connectivity index (χ0v) is 27.5. The molecule has 6 rings (SSSR count). The predicted octanol–water partition coefficient (Wildman–Crippen LogP) is 4.04. The van der Waals surface area contributed by atoms with E-state index >= 15 is 0 Å². The van der Waals surface area contributed by atoms with Crippen molar-refractivity contribution in [3.8, 4) is 0 Å². The summed E-state index contributed by atoms with van der Waals surface area (Å²) in [5.41, 5.74) is 2.69. The van der Waals surface area contributed by atoms with Crippen LogP contribution in [-0.4, -0.2) is 95.1 Å². The zero-order chi connectivity index (χ0) is 30.9. The largest absolute Gasteiger partial charge is 0.394 e. The molecule has 5 aliphatic rings. The van der Waals surface area contributed by atoms with Gasteiger partial charge in [0.25, 0.3) is 0 Å². The van der Waals surface area contributed by atoms with Gasteiger partial charge < -0.3 is 20.4 Å². The number of rotatable bonds is 12. The van der Waals surface area contributed by atoms with E-state index in [2.05, 4.69) is 74.2 Å². The van der Waals surface area contributed by atoms with Gasteiger partial charge in [-0.3, -0.25) is 14.5 Å². The Bertz CT molecular complexity index is 1070. The third-order valence-electron chi connectivity index (χ3n) is 11.7. The fourth-order valence-electron chi connectivity index (χ4n) is 8.89. The van der Waals surface area contributed by atoms with Crippen molar-refractivity contribution in [1.82, 2.24) is 20.2 Å². The van der Waals surface area contributed by atoms with Crippen molar-refractivity contribution in [1.29, 1.82) is 0 Å². The summed E-state index contributed by atoms with van der Waals surface area (Å²) in [5.74, 6) is 1.07. The SMILES string of the molecule is C[C@@H]1[C@@H](NC(=O)[C@@H]2[C@H]([C@H](C)O)[C@H](CO)ON2Cc2cccc(CN(CCN(C)C)C3CCCCC3)c2)C[C@@H]2C[C@H]1C2(C)C. The minimum atomic E-state index is -0.791. The molecule has 8 atom stereocenters. The van der Waals surface area contributed by atoms with Crippen LogP contribution in [0.15, 0.2) is 24.3 Å². The number of carbonyl (C=O) groups excluding carboxylic acids is 1. The number of aliphatic hydroxyl groups excluding tert-OH is 2. The molecular formula is C35H58N4O4. The van der Waals surface area contributed by atoms with Gasteiger partial charge in [0.15, 0.2) is 0 Å². The second-order valence-corrected chi connectivity index (χ2v) is 15.1. The molecule has 43 heavy (non-hydrogen) atoms. The van der Waals surface area contributed by atoms with Crippen molar-refractivity contribution in [2.75, 3.05) is 33.8 Å². The Labute approximate surface area is 260 Å². The third kappa shape index (κ3) is 7.15. The van der Waals surface area contributed by atoms with Crippen LogP contribution in [0.1, 0.15) is 83.8 Å². The van der Waals surface area contributed by atoms with Crippen molar-refractivity contribution in [2.45, 2.75) is 116 Å². The summed E-state index contributed by atoms with van der Waals surface area (Å²) >= 11 is 0. The van der Waals surface area contributed by atoms with Crippen LogP contribution in [0, 0.1) is 29.1 Å². The molecule has 1 amide bonds. The summed E-state index contributed by atoms with van der Waals surface area (Å²) in [6.07, 6.45) is 7.36. The fraction of sp³-hybridized carbons (Fsp3) is 0.800. The van der Waals surface area contributed by atoms with E-state index in [4.69, 9.17) is 4.84 Å². The zero-order valence-electron chi connectivity index (χ0n) is 27.5. The number of nitrogens with one attached hydrogen (secondary N) is 1. The first-order valence-corrected chi connectivity index (χ1v) is 17.0. The molecular weight excluding hydrogens is 540 g/mol. The summed E-state index contributed by atoms with van der Waals surface area (Å²) in [4.78, 5) is 25.1. The van der Waals surface area contributed by atoms with Crippen LogP contribution in [0.5, 0.6) is 0 Å². The van der Waals surface area contributed by atoms with Crippen molar-refractivity contribution >= 4 is 5.91 Å². The minimum absolute atomic E-state index is 0.0962. The predicted molar refractivity (Wildman–Crippen MR) is 170 cm³/mol. The molecule has 0 spiro atoms. The maximum atomic E-state index is 14.0. The van der Waals surface area contributed by atoms with Crippen LogP contribution in [0.25, 0.3) is 0 Å². The van der Waals surface area contributed by atoms with Gasteiger partial charge >= 0.3 is 0 Å². The van der Waals surface area contributed by atoms with E-state index in [0.717, 1.165) is 31.6 Å². The first-order valence-electron chi connectivity index (χ1n) is 17.0. The third-order valence-corrected chi connectivity index (χ3v) is 11.7. The standard InChI is InChI=1S/C35H58N4O4/c1-23-29-18-27(35(29,3)4)19-30(23)36-34(42)33-32(24(2)41)31(22-40)43-39(33)21-26-12-10-11-25(17-26)20-38(16-15-37(5)6)28-13-8-7-9-14-28/h10-12,17,23-24,27-33,40-41H,7-9,13-16,18-22H2,1-6H3,(H,36,42)/t23-,24-,27-,29+,30-,31-,32+,33-/m0/s1. The lowest BCUT2D eigenvalue weighted by atomic mass is 9.45. The molecule has 4 aliphatic carbocycles. The van der Waals surface area contributed by atoms with Crippen molar-refractivity contribution in [2.24, 2.45) is 29.1 Å². The van der Waals surface area contributed by atoms with Gasteiger partial charge in [-0.25, -0.2) is 0 Å². The van der Waals surface area contributed by atoms with Crippen molar-refractivity contribution in [3.63, 3.8) is 0 Å². The monoisotopic (exact) mass is 598 g/mol. The number of hydrogen-bond donors (Lipinski definition) is 3. The van der Waals surface area contributed by atoms with Gasteiger partial charge in [0, 0.05) is 37.6 Å². The van der Waals surface area contributed by atoms with Crippen molar-refractivity contribution < 1.29 is 19.8 Å². The van der Waals surface area contributed by atoms with Crippen LogP contribution in [0.4, 0.5) is 0 Å². The lowest BCUT2D eigenvalue weighted by Crippen LogP contribution is -2.62. The van der Waals surface area contributed by atoms with Crippen LogP contribution >= 0.6 is 0 Å². The van der Waals surface area contributed by atoms with Crippen LogP contribution in [-0.2, 0) is 22.7 Å². The average molecular weight is 599 g/mol. The normalized spacial score (nSPS) is 33.5. The van der Waals surface area contributed by atoms with Crippen LogP contribution < -0.4 is 5.32 Å². The summed E-state index contributed by atoms with van der Waals surface area (Å²) in [6, 6.07) is 8.73. The molecule has 1 heterocycles. The second-order valence-electron chi connectivity index (χ2n) is 15.1. The Morgan fingerprint density at radius 2 is 1.86 bits per heavy atom. The lowest BCUT2D eigenvalue weighted by molar-refractivity contribution is -0.183. The molecule has 0 unspecified atom stereocenters. The number of benzene rings is 1. The number of likely N-dealkylation sites (N-methyl/N-ethyl adjacent to an activating group) is 1. The summed E-state index contributed by atoms with van der Waals surface area (Å²) in [5, 5.41) is 26.1. The van der Waals surface area contributed by atoms with E-state index in [1.54, 1.807) is 12.0 Å². The smallest absolute Gasteiger partial charge is 0.240 e. The number of nitrogens with zero attached hydrogens (tertiary/aromatic N) is 3. The van der Waals surface area contributed by atoms with Gasteiger partial charge in [-0.1, -0.05) is 64.3 Å². The second kappa shape index (κ2) is 13.8. The number of hydrogen-bond acceptors (Lipinski definition) is 7. The minimum Gasteiger partial charge on any atom is -0.394 e. The first-order chi connectivity index (χ1) is 20.5. The van der Waals surface area contributed by atoms with E-state index in [-0.39, 0.29) is 18.6 Å². The molecule has 3 N–H and O–H groups in total. The lowest BCUT2D eigenvalue weighted by Gasteiger charge is -2.62. The molecule has 0 aromatic heterocycles. The highest BCUT2D eigenvalue weighted by Gasteiger charge is 2.57. The van der Waals surface area contributed by atoms with E-state index in [1.165, 1.54) is 44.1 Å². The maximum Gasteiger partial charge on any atom is 0.240 e.